The largest absolute Gasteiger partial charge is 0.425 e. The minimum Gasteiger partial charge on any atom is -0.425 e. The number of ether oxygens (including phenoxy) is 1. The Bertz CT molecular complexity index is 683. The lowest BCUT2D eigenvalue weighted by molar-refractivity contribution is -0.140. The lowest BCUT2D eigenvalue weighted by Gasteiger charge is -2.28. The van der Waals surface area contributed by atoms with Gasteiger partial charge in [-0.3, -0.25) is 4.84 Å². The molecule has 1 aromatic rings. The average molecular weight is 343 g/mol. The van der Waals surface area contributed by atoms with E-state index >= 15 is 0 Å². The van der Waals surface area contributed by atoms with Crippen molar-refractivity contribution in [3.63, 3.8) is 0 Å². The molecule has 2 atom stereocenters. The highest BCUT2D eigenvalue weighted by Crippen LogP contribution is 2.31. The number of hydroxylamine groups is 2. The third-order valence-corrected chi connectivity index (χ3v) is 4.53. The van der Waals surface area contributed by atoms with Gasteiger partial charge in [-0.15, -0.1) is 0 Å². The fourth-order valence-corrected chi connectivity index (χ4v) is 3.13. The van der Waals surface area contributed by atoms with Gasteiger partial charge >= 0.3 is 12.0 Å². The number of nitriles is 1. The summed E-state index contributed by atoms with van der Waals surface area (Å²) in [4.78, 5) is 32.1. The number of esters is 1. The van der Waals surface area contributed by atoms with Gasteiger partial charge in [-0.1, -0.05) is 13.3 Å². The second-order valence-corrected chi connectivity index (χ2v) is 6.25. The Labute approximate surface area is 146 Å². The van der Waals surface area contributed by atoms with Crippen molar-refractivity contribution < 1.29 is 19.2 Å². The van der Waals surface area contributed by atoms with Gasteiger partial charge < -0.3 is 9.64 Å². The van der Waals surface area contributed by atoms with E-state index in [1.54, 1.807) is 24.3 Å². The van der Waals surface area contributed by atoms with E-state index in [1.807, 2.05) is 6.07 Å². The first-order valence-corrected chi connectivity index (χ1v) is 8.58. The number of fused-ring (bicyclic) bond motifs is 2. The molecule has 0 aromatic heterocycles. The second kappa shape index (κ2) is 7.53. The number of hydrogen-bond acceptors (Lipinski definition) is 5. The number of amides is 2. The molecule has 2 heterocycles. The average Bonchev–Trinajstić information content (AvgIpc) is 2.87. The summed E-state index contributed by atoms with van der Waals surface area (Å²) < 4.78 is 5.38. The van der Waals surface area contributed by atoms with Crippen LogP contribution in [0.3, 0.4) is 0 Å². The Hall–Kier alpha value is -2.59. The zero-order valence-corrected chi connectivity index (χ0v) is 14.2. The standard InChI is InChI=1S/C18H21N3O4/c1-2-3-10-24-21-14-6-9-16(20(12-14)18(21)23)17(22)25-15-7-4-13(11-19)5-8-15/h4-5,7-8,14,16H,2-3,6,9-10,12H2,1H3/t14-,16+/m1/s1. The Morgan fingerprint density at radius 3 is 2.76 bits per heavy atom. The highest BCUT2D eigenvalue weighted by atomic mass is 16.7. The Balaban J connectivity index is 1.62. The van der Waals surface area contributed by atoms with E-state index in [2.05, 4.69) is 6.92 Å². The molecule has 2 bridgehead atoms. The van der Waals surface area contributed by atoms with Crippen molar-refractivity contribution in [3.8, 4) is 11.8 Å². The van der Waals surface area contributed by atoms with Gasteiger partial charge in [-0.25, -0.2) is 9.59 Å². The lowest BCUT2D eigenvalue weighted by Crippen LogP contribution is -2.46. The first-order chi connectivity index (χ1) is 12.1. The molecule has 7 nitrogen and oxygen atoms in total. The number of piperidine rings is 1. The molecule has 0 N–H and O–H groups in total. The van der Waals surface area contributed by atoms with Crippen molar-refractivity contribution in [1.29, 1.82) is 5.26 Å². The predicted molar refractivity (Wildman–Crippen MR) is 88.4 cm³/mol. The molecule has 1 aromatic carbocycles. The molecule has 7 heteroatoms. The molecule has 25 heavy (non-hydrogen) atoms. The fraction of sp³-hybridized carbons (Fsp3) is 0.500. The van der Waals surface area contributed by atoms with Crippen LogP contribution in [0.15, 0.2) is 24.3 Å². The summed E-state index contributed by atoms with van der Waals surface area (Å²) in [6.45, 7) is 3.05. The smallest absolute Gasteiger partial charge is 0.345 e. The highest BCUT2D eigenvalue weighted by molar-refractivity contribution is 5.86. The molecule has 0 saturated carbocycles. The van der Waals surface area contributed by atoms with Crippen LogP contribution in [0.25, 0.3) is 0 Å². The highest BCUT2D eigenvalue weighted by Gasteiger charge is 2.48. The monoisotopic (exact) mass is 343 g/mol. The Morgan fingerprint density at radius 2 is 2.08 bits per heavy atom. The number of nitrogens with zero attached hydrogens (tertiary/aromatic N) is 3. The van der Waals surface area contributed by atoms with Gasteiger partial charge in [0.1, 0.15) is 11.8 Å². The van der Waals surface area contributed by atoms with Crippen molar-refractivity contribution in [2.45, 2.75) is 44.7 Å². The van der Waals surface area contributed by atoms with Crippen LogP contribution in [-0.4, -0.2) is 47.2 Å². The van der Waals surface area contributed by atoms with E-state index in [0.29, 0.717) is 37.3 Å². The summed E-state index contributed by atoms with van der Waals surface area (Å²) >= 11 is 0. The number of unbranched alkanes of at least 4 members (excludes halogenated alkanes) is 1. The molecule has 2 fully saturated rings. The van der Waals surface area contributed by atoms with E-state index in [0.717, 1.165) is 12.8 Å². The molecule has 0 spiro atoms. The van der Waals surface area contributed by atoms with E-state index < -0.39 is 12.0 Å². The van der Waals surface area contributed by atoms with Crippen LogP contribution in [0, 0.1) is 11.3 Å². The molecule has 2 aliphatic heterocycles. The molecule has 0 unspecified atom stereocenters. The van der Waals surface area contributed by atoms with E-state index in [9.17, 15) is 9.59 Å². The maximum atomic E-state index is 12.5. The first-order valence-electron chi connectivity index (χ1n) is 8.58. The fourth-order valence-electron chi connectivity index (χ4n) is 3.13. The van der Waals surface area contributed by atoms with Gasteiger partial charge in [-0.2, -0.15) is 10.3 Å². The number of hydrogen-bond donors (Lipinski definition) is 0. The number of urea groups is 1. The van der Waals surface area contributed by atoms with Crippen molar-refractivity contribution in [3.05, 3.63) is 29.8 Å². The second-order valence-electron chi connectivity index (χ2n) is 6.25. The molecule has 2 saturated heterocycles. The van der Waals surface area contributed by atoms with Crippen molar-refractivity contribution in [2.75, 3.05) is 13.2 Å². The summed E-state index contributed by atoms with van der Waals surface area (Å²) in [6, 6.07) is 7.48. The molecular weight excluding hydrogens is 322 g/mol. The number of rotatable bonds is 6. The third kappa shape index (κ3) is 3.59. The van der Waals surface area contributed by atoms with Crippen LogP contribution in [-0.2, 0) is 9.63 Å². The predicted octanol–water partition coefficient (Wildman–Crippen LogP) is 2.46. The third-order valence-electron chi connectivity index (χ3n) is 4.53. The minimum absolute atomic E-state index is 0.00307. The van der Waals surface area contributed by atoms with Crippen LogP contribution in [0.4, 0.5) is 4.79 Å². The van der Waals surface area contributed by atoms with E-state index in [4.69, 9.17) is 14.8 Å². The van der Waals surface area contributed by atoms with Crippen molar-refractivity contribution in [2.24, 2.45) is 0 Å². The van der Waals surface area contributed by atoms with Crippen LogP contribution in [0.1, 0.15) is 38.2 Å². The van der Waals surface area contributed by atoms with Gasteiger partial charge in [0.2, 0.25) is 0 Å². The molecule has 2 amide bonds. The van der Waals surface area contributed by atoms with E-state index in [1.165, 1.54) is 9.96 Å². The molecular formula is C18H21N3O4. The van der Waals surface area contributed by atoms with Crippen LogP contribution in [0.5, 0.6) is 5.75 Å². The lowest BCUT2D eigenvalue weighted by atomic mass is 10.0. The van der Waals surface area contributed by atoms with Gasteiger partial charge in [0.15, 0.2) is 0 Å². The minimum atomic E-state index is -0.598. The van der Waals surface area contributed by atoms with Crippen molar-refractivity contribution >= 4 is 12.0 Å². The summed E-state index contributed by atoms with van der Waals surface area (Å²) in [6.07, 6.45) is 3.15. The molecule has 3 rings (SSSR count). The topological polar surface area (TPSA) is 82.9 Å². The molecule has 0 aliphatic carbocycles. The first kappa shape index (κ1) is 17.2. The van der Waals surface area contributed by atoms with Crippen LogP contribution < -0.4 is 4.74 Å². The van der Waals surface area contributed by atoms with Gasteiger partial charge in [0.25, 0.3) is 0 Å². The number of benzene rings is 1. The summed E-state index contributed by atoms with van der Waals surface area (Å²) in [5.74, 6) is -0.0827. The summed E-state index contributed by atoms with van der Waals surface area (Å²) in [5, 5.41) is 10.2. The zero-order chi connectivity index (χ0) is 17.8. The molecule has 0 radical (unpaired) electrons. The van der Waals surface area contributed by atoms with Gasteiger partial charge in [-0.05, 0) is 43.5 Å². The van der Waals surface area contributed by atoms with Crippen molar-refractivity contribution in [1.82, 2.24) is 9.96 Å². The Kier molecular flexibility index (Phi) is 5.19. The van der Waals surface area contributed by atoms with E-state index in [-0.39, 0.29) is 12.1 Å². The maximum Gasteiger partial charge on any atom is 0.345 e. The van der Waals surface area contributed by atoms with Crippen LogP contribution >= 0.6 is 0 Å². The maximum absolute atomic E-state index is 12.5. The molecule has 132 valence electrons. The number of carbonyl (C=O) groups excluding carboxylic acids is 2. The quantitative estimate of drug-likeness (QED) is 0.450. The SMILES string of the molecule is CCCCON1C(=O)N2C[C@H]1CC[C@H]2C(=O)Oc1ccc(C#N)cc1. The Morgan fingerprint density at radius 1 is 1.32 bits per heavy atom. The normalized spacial score (nSPS) is 22.0. The summed E-state index contributed by atoms with van der Waals surface area (Å²) in [7, 11) is 0. The van der Waals surface area contributed by atoms with Crippen LogP contribution in [0.2, 0.25) is 0 Å². The summed E-state index contributed by atoms with van der Waals surface area (Å²) in [5.41, 5.74) is 0.495. The molecule has 2 aliphatic rings. The number of carbonyl (C=O) groups is 2. The zero-order valence-electron chi connectivity index (χ0n) is 14.2. The van der Waals surface area contributed by atoms with Gasteiger partial charge in [0.05, 0.1) is 24.3 Å². The van der Waals surface area contributed by atoms with Gasteiger partial charge in [0, 0.05) is 6.54 Å².